The molecule has 6 nitrogen and oxygen atoms in total. The van der Waals surface area contributed by atoms with Crippen LogP contribution < -0.4 is 0 Å². The number of nitrogens with zero attached hydrogens (tertiary/aromatic N) is 2. The zero-order valence-corrected chi connectivity index (χ0v) is 11.1. The quantitative estimate of drug-likeness (QED) is 0.582. The summed E-state index contributed by atoms with van der Waals surface area (Å²) in [6, 6.07) is 5.18. The molecule has 1 aromatic heterocycles. The normalized spacial score (nSPS) is 19.3. The molecule has 19 heavy (non-hydrogen) atoms. The van der Waals surface area contributed by atoms with Crippen molar-refractivity contribution in [2.24, 2.45) is 0 Å². The second kappa shape index (κ2) is 3.99. The fraction of sp³-hybridized carbons (Fsp3) is 0.333. The summed E-state index contributed by atoms with van der Waals surface area (Å²) >= 11 is 1.13. The highest BCUT2D eigenvalue weighted by molar-refractivity contribution is 7.13. The van der Waals surface area contributed by atoms with Gasteiger partial charge >= 0.3 is 11.9 Å². The van der Waals surface area contributed by atoms with E-state index in [1.165, 1.54) is 13.8 Å². The van der Waals surface area contributed by atoms with E-state index in [2.05, 4.69) is 9.59 Å². The van der Waals surface area contributed by atoms with Gasteiger partial charge in [-0.3, -0.25) is 9.59 Å². The fourth-order valence-corrected chi connectivity index (χ4v) is 2.73. The number of carbonyl (C=O) groups is 2. The van der Waals surface area contributed by atoms with Crippen molar-refractivity contribution in [3.63, 3.8) is 0 Å². The lowest BCUT2D eigenvalue weighted by Crippen LogP contribution is -2.45. The number of esters is 2. The molecule has 7 heteroatoms. The second-order valence-electron chi connectivity index (χ2n) is 4.64. The van der Waals surface area contributed by atoms with Crippen molar-refractivity contribution in [2.45, 2.75) is 25.6 Å². The number of aromatic nitrogens is 2. The van der Waals surface area contributed by atoms with E-state index in [4.69, 9.17) is 9.47 Å². The van der Waals surface area contributed by atoms with E-state index in [9.17, 15) is 9.59 Å². The van der Waals surface area contributed by atoms with Crippen molar-refractivity contribution in [2.75, 3.05) is 0 Å². The van der Waals surface area contributed by atoms with Crippen LogP contribution in [0.3, 0.4) is 0 Å². The van der Waals surface area contributed by atoms with Gasteiger partial charge in [-0.15, -0.1) is 5.10 Å². The minimum absolute atomic E-state index is 0.526. The Balaban J connectivity index is 2.09. The minimum atomic E-state index is -1.22. The first-order valence-electron chi connectivity index (χ1n) is 5.65. The van der Waals surface area contributed by atoms with Gasteiger partial charge in [0.1, 0.15) is 5.52 Å². The smallest absolute Gasteiger partial charge is 0.328 e. The van der Waals surface area contributed by atoms with E-state index in [1.54, 1.807) is 18.2 Å². The van der Waals surface area contributed by atoms with Gasteiger partial charge in [0, 0.05) is 13.8 Å². The van der Waals surface area contributed by atoms with E-state index in [-0.39, 0.29) is 0 Å². The monoisotopic (exact) mass is 278 g/mol. The Kier molecular flexibility index (Phi) is 2.53. The van der Waals surface area contributed by atoms with Gasteiger partial charge < -0.3 is 9.47 Å². The highest BCUT2D eigenvalue weighted by atomic mass is 32.1. The van der Waals surface area contributed by atoms with Crippen LogP contribution in [0.5, 0.6) is 0 Å². The molecule has 0 bridgehead atoms. The molecule has 3 rings (SSSR count). The second-order valence-corrected chi connectivity index (χ2v) is 5.40. The van der Waals surface area contributed by atoms with E-state index < -0.39 is 23.6 Å². The van der Waals surface area contributed by atoms with Crippen LogP contribution in [0.15, 0.2) is 18.2 Å². The Labute approximate surface area is 112 Å². The van der Waals surface area contributed by atoms with Gasteiger partial charge in [0.2, 0.25) is 0 Å². The topological polar surface area (TPSA) is 78.4 Å². The van der Waals surface area contributed by atoms with Gasteiger partial charge in [-0.2, -0.15) is 0 Å². The van der Waals surface area contributed by atoms with E-state index in [1.807, 2.05) is 0 Å². The lowest BCUT2D eigenvalue weighted by molar-refractivity contribution is -0.234. The molecule has 0 atom stereocenters. The van der Waals surface area contributed by atoms with Crippen LogP contribution in [0.1, 0.15) is 25.3 Å². The standard InChI is InChI=1S/C12H10N2O4S/c1-12(2)17-10(15)8(11(16)18-12)6-4-3-5-7-9(6)19-14-13-7/h3-5,8H,1-2H3. The first-order valence-corrected chi connectivity index (χ1v) is 6.42. The molecule has 1 fully saturated rings. The van der Waals surface area contributed by atoms with Gasteiger partial charge in [0.05, 0.1) is 4.70 Å². The Morgan fingerprint density at radius 3 is 2.58 bits per heavy atom. The largest absolute Gasteiger partial charge is 0.422 e. The molecular formula is C12H10N2O4S. The molecule has 2 aromatic rings. The maximum Gasteiger partial charge on any atom is 0.328 e. The average molecular weight is 278 g/mol. The highest BCUT2D eigenvalue weighted by Crippen LogP contribution is 2.34. The zero-order chi connectivity index (χ0) is 13.6. The van der Waals surface area contributed by atoms with Gasteiger partial charge in [-0.25, -0.2) is 0 Å². The first-order chi connectivity index (χ1) is 8.98. The van der Waals surface area contributed by atoms with Gasteiger partial charge in [0.25, 0.3) is 5.79 Å². The lowest BCUT2D eigenvalue weighted by atomic mass is 9.98. The van der Waals surface area contributed by atoms with Crippen LogP contribution in [-0.2, 0) is 19.1 Å². The predicted molar refractivity (Wildman–Crippen MR) is 66.4 cm³/mol. The van der Waals surface area contributed by atoms with Crippen molar-refractivity contribution in [1.82, 2.24) is 9.59 Å². The SMILES string of the molecule is CC1(C)OC(=O)C(c2cccc3nnsc23)C(=O)O1. The molecule has 1 aliphatic heterocycles. The Morgan fingerprint density at radius 1 is 1.21 bits per heavy atom. The number of ether oxygens (including phenoxy) is 2. The Bertz CT molecular complexity index is 659. The molecule has 0 radical (unpaired) electrons. The Morgan fingerprint density at radius 2 is 1.89 bits per heavy atom. The molecule has 1 saturated heterocycles. The van der Waals surface area contributed by atoms with Crippen LogP contribution in [-0.4, -0.2) is 27.3 Å². The molecule has 1 aromatic carbocycles. The van der Waals surface area contributed by atoms with Crippen molar-refractivity contribution in [3.8, 4) is 0 Å². The third kappa shape index (κ3) is 1.95. The summed E-state index contributed by atoms with van der Waals surface area (Å²) in [5.74, 6) is -3.51. The summed E-state index contributed by atoms with van der Waals surface area (Å²) < 4.78 is 14.8. The summed E-state index contributed by atoms with van der Waals surface area (Å²) in [6.45, 7) is 3.04. The summed E-state index contributed by atoms with van der Waals surface area (Å²) in [5, 5.41) is 3.92. The third-order valence-corrected chi connectivity index (χ3v) is 3.57. The van der Waals surface area contributed by atoms with Gasteiger partial charge in [0.15, 0.2) is 5.92 Å². The summed E-state index contributed by atoms with van der Waals surface area (Å²) in [7, 11) is 0. The number of hydrogen-bond acceptors (Lipinski definition) is 7. The van der Waals surface area contributed by atoms with Crippen LogP contribution in [0.2, 0.25) is 0 Å². The molecule has 0 unspecified atom stereocenters. The van der Waals surface area contributed by atoms with Crippen LogP contribution in [0.25, 0.3) is 10.2 Å². The number of carbonyl (C=O) groups excluding carboxylic acids is 2. The van der Waals surface area contributed by atoms with Crippen molar-refractivity contribution >= 4 is 33.7 Å². The van der Waals surface area contributed by atoms with Crippen LogP contribution in [0.4, 0.5) is 0 Å². The van der Waals surface area contributed by atoms with Crippen molar-refractivity contribution < 1.29 is 19.1 Å². The van der Waals surface area contributed by atoms with E-state index in [0.29, 0.717) is 15.8 Å². The predicted octanol–water partition coefficient (Wildman–Crippen LogP) is 1.61. The highest BCUT2D eigenvalue weighted by Gasteiger charge is 2.44. The molecule has 98 valence electrons. The number of benzene rings is 1. The number of hydrogen-bond donors (Lipinski definition) is 0. The molecule has 2 heterocycles. The Hall–Kier alpha value is -2.02. The number of fused-ring (bicyclic) bond motifs is 1. The summed E-state index contributed by atoms with van der Waals surface area (Å²) in [6.07, 6.45) is 0. The lowest BCUT2D eigenvalue weighted by Gasteiger charge is -2.32. The maximum absolute atomic E-state index is 12.0. The van der Waals surface area contributed by atoms with Crippen LogP contribution >= 0.6 is 11.5 Å². The van der Waals surface area contributed by atoms with Crippen molar-refractivity contribution in [3.05, 3.63) is 23.8 Å². The van der Waals surface area contributed by atoms with Gasteiger partial charge in [-0.1, -0.05) is 16.6 Å². The fourth-order valence-electron chi connectivity index (χ4n) is 2.03. The minimum Gasteiger partial charge on any atom is -0.422 e. The molecule has 0 N–H and O–H groups in total. The molecule has 0 saturated carbocycles. The molecule has 1 aliphatic rings. The average Bonchev–Trinajstić information content (AvgIpc) is 2.74. The molecular weight excluding hydrogens is 268 g/mol. The summed E-state index contributed by atoms with van der Waals surface area (Å²) in [5.41, 5.74) is 1.17. The number of rotatable bonds is 1. The zero-order valence-electron chi connectivity index (χ0n) is 10.2. The first kappa shape index (κ1) is 12.0. The van der Waals surface area contributed by atoms with Crippen molar-refractivity contribution in [1.29, 1.82) is 0 Å². The van der Waals surface area contributed by atoms with E-state index >= 15 is 0 Å². The summed E-state index contributed by atoms with van der Waals surface area (Å²) in [4.78, 5) is 24.1. The third-order valence-electron chi connectivity index (χ3n) is 2.78. The molecule has 0 amide bonds. The van der Waals surface area contributed by atoms with E-state index in [0.717, 1.165) is 11.5 Å². The maximum atomic E-state index is 12.0. The van der Waals surface area contributed by atoms with Gasteiger partial charge in [-0.05, 0) is 23.2 Å². The molecule has 0 aliphatic carbocycles. The molecule has 0 spiro atoms. The number of cyclic esters (lactones) is 2. The van der Waals surface area contributed by atoms with Crippen LogP contribution in [0, 0.1) is 0 Å².